The first kappa shape index (κ1) is 8.63. The number of carbonyl (C=O) groups is 1. The Hall–Kier alpha value is -0.372. The van der Waals surface area contributed by atoms with Crippen LogP contribution in [0.5, 0.6) is 0 Å². The van der Waals surface area contributed by atoms with Gasteiger partial charge in [-0.05, 0) is 0 Å². The molecule has 0 aromatic rings. The van der Waals surface area contributed by atoms with Crippen molar-refractivity contribution in [3.8, 4) is 0 Å². The van der Waals surface area contributed by atoms with E-state index in [0.29, 0.717) is 0 Å². The minimum absolute atomic E-state index is 0.0171. The van der Waals surface area contributed by atoms with Crippen molar-refractivity contribution < 1.29 is 24.6 Å². The first-order valence-corrected chi connectivity index (χ1v) is 3.29. The molecule has 0 aliphatic carbocycles. The van der Waals surface area contributed by atoms with E-state index >= 15 is 0 Å². The molecule has 0 saturated carbocycles. The Bertz CT molecular complexity index is 136. The molecule has 9 heavy (non-hydrogen) atoms. The van der Waals surface area contributed by atoms with E-state index in [9.17, 15) is 4.79 Å². The van der Waals surface area contributed by atoms with Crippen LogP contribution >= 0.6 is 0 Å². The van der Waals surface area contributed by atoms with E-state index in [2.05, 4.69) is 0 Å². The molecule has 0 aliphatic rings. The molecule has 0 heterocycles. The Labute approximate surface area is 64.8 Å². The van der Waals surface area contributed by atoms with Crippen molar-refractivity contribution in [2.75, 3.05) is 13.6 Å². The second-order valence-corrected chi connectivity index (χ2v) is 2.73. The molecule has 0 atom stereocenters. The molecule has 0 fully saturated rings. The fourth-order valence-corrected chi connectivity index (χ4v) is 0.755. The van der Waals surface area contributed by atoms with Crippen LogP contribution in [-0.4, -0.2) is 28.6 Å². The number of carbonyl (C=O) groups excluding carboxylic acids is 1. The molecule has 0 amide bonds. The average Bonchev–Trinajstić information content (AvgIpc) is 1.63. The number of nitrogens with one attached hydrogen (secondary N) is 1. The van der Waals surface area contributed by atoms with Gasteiger partial charge in [-0.2, -0.15) is 0 Å². The fourth-order valence-electron chi connectivity index (χ4n) is 0.279. The molecular weight excluding hydrogens is 202 g/mol. The summed E-state index contributed by atoms with van der Waals surface area (Å²) in [6, 6.07) is 0. The van der Waals surface area contributed by atoms with Gasteiger partial charge in [0.1, 0.15) is 0 Å². The SMILES string of the molecule is CN(C[C](=O)[Mo])C(=N)N. The second kappa shape index (κ2) is 3.62. The maximum atomic E-state index is 10.4. The minimum atomic E-state index is -0.0769. The van der Waals surface area contributed by atoms with Gasteiger partial charge in [-0.25, -0.2) is 0 Å². The summed E-state index contributed by atoms with van der Waals surface area (Å²) in [7, 11) is 1.60. The van der Waals surface area contributed by atoms with Crippen LogP contribution in [-0.2, 0) is 24.6 Å². The Balaban J connectivity index is 3.63. The van der Waals surface area contributed by atoms with Crippen LogP contribution in [0.1, 0.15) is 0 Å². The third kappa shape index (κ3) is 4.15. The molecule has 5 heteroatoms. The van der Waals surface area contributed by atoms with Crippen LogP contribution in [0, 0.1) is 5.41 Å². The van der Waals surface area contributed by atoms with Crippen LogP contribution in [0.4, 0.5) is 0 Å². The van der Waals surface area contributed by atoms with Gasteiger partial charge in [0.2, 0.25) is 0 Å². The zero-order valence-electron chi connectivity index (χ0n) is 5.05. The van der Waals surface area contributed by atoms with E-state index in [1.807, 2.05) is 0 Å². The topological polar surface area (TPSA) is 70.2 Å². The van der Waals surface area contributed by atoms with Crippen LogP contribution in [0.3, 0.4) is 0 Å². The molecule has 51 valence electrons. The quantitative estimate of drug-likeness (QED) is 0.344. The molecule has 0 radical (unpaired) electrons. The van der Waals surface area contributed by atoms with Crippen molar-refractivity contribution in [3.63, 3.8) is 0 Å². The van der Waals surface area contributed by atoms with Gasteiger partial charge in [0.15, 0.2) is 0 Å². The van der Waals surface area contributed by atoms with Crippen LogP contribution in [0.25, 0.3) is 0 Å². The average molecular weight is 210 g/mol. The summed E-state index contributed by atoms with van der Waals surface area (Å²) in [5.74, 6) is -0.0769. The van der Waals surface area contributed by atoms with E-state index in [4.69, 9.17) is 11.1 Å². The normalized spacial score (nSPS) is 8.56. The summed E-state index contributed by atoms with van der Waals surface area (Å²) in [4.78, 5) is 11.7. The summed E-state index contributed by atoms with van der Waals surface area (Å²) >= 11 is 1.39. The molecule has 0 saturated heterocycles. The van der Waals surface area contributed by atoms with Crippen molar-refractivity contribution in [1.82, 2.24) is 4.90 Å². The van der Waals surface area contributed by atoms with Crippen LogP contribution in [0.2, 0.25) is 0 Å². The first-order valence-electron chi connectivity index (χ1n) is 2.29. The second-order valence-electron chi connectivity index (χ2n) is 1.61. The van der Waals surface area contributed by atoms with Crippen molar-refractivity contribution in [3.05, 3.63) is 0 Å². The van der Waals surface area contributed by atoms with Gasteiger partial charge in [0.05, 0.1) is 0 Å². The predicted molar refractivity (Wildman–Crippen MR) is 29.6 cm³/mol. The molecule has 0 unspecified atom stereocenters. The molecule has 3 N–H and O–H groups in total. The Morgan fingerprint density at radius 1 is 1.89 bits per heavy atom. The van der Waals surface area contributed by atoms with E-state index in [-0.39, 0.29) is 16.7 Å². The molecule has 0 bridgehead atoms. The molecule has 0 aromatic carbocycles. The predicted octanol–water partition coefficient (Wildman–Crippen LogP) is -1.11. The van der Waals surface area contributed by atoms with E-state index < -0.39 is 0 Å². The molecule has 0 spiro atoms. The van der Waals surface area contributed by atoms with Gasteiger partial charge < -0.3 is 0 Å². The van der Waals surface area contributed by atoms with E-state index in [0.717, 1.165) is 0 Å². The third-order valence-corrected chi connectivity index (χ3v) is 1.09. The summed E-state index contributed by atoms with van der Waals surface area (Å²) in [6.45, 7) is 0.222. The van der Waals surface area contributed by atoms with Gasteiger partial charge >= 0.3 is 64.4 Å². The van der Waals surface area contributed by atoms with Crippen molar-refractivity contribution in [2.24, 2.45) is 5.73 Å². The molecule has 0 aromatic heterocycles. The van der Waals surface area contributed by atoms with Gasteiger partial charge in [0.25, 0.3) is 0 Å². The van der Waals surface area contributed by atoms with Crippen LogP contribution in [0.15, 0.2) is 0 Å². The van der Waals surface area contributed by atoms with Gasteiger partial charge in [-0.3, -0.25) is 0 Å². The molecule has 0 rings (SSSR count). The number of hydrogen-bond acceptors (Lipinski definition) is 2. The van der Waals surface area contributed by atoms with Gasteiger partial charge in [-0.1, -0.05) is 0 Å². The summed E-state index contributed by atoms with van der Waals surface area (Å²) in [6.07, 6.45) is 0. The van der Waals surface area contributed by atoms with Gasteiger partial charge in [0, 0.05) is 0 Å². The Morgan fingerprint density at radius 2 is 2.33 bits per heavy atom. The number of hydrogen-bond donors (Lipinski definition) is 2. The van der Waals surface area contributed by atoms with Gasteiger partial charge in [-0.15, -0.1) is 0 Å². The number of guanidine groups is 1. The number of likely N-dealkylation sites (N-methyl/N-ethyl adjacent to an activating group) is 1. The molecule has 0 aliphatic heterocycles. The van der Waals surface area contributed by atoms with Crippen molar-refractivity contribution >= 4 is 10.1 Å². The number of nitrogens with zero attached hydrogens (tertiary/aromatic N) is 1. The fraction of sp³-hybridized carbons (Fsp3) is 0.500. The number of nitrogens with two attached hydrogens (primary N) is 1. The zero-order chi connectivity index (χ0) is 7.44. The number of rotatable bonds is 2. The third-order valence-electron chi connectivity index (χ3n) is 0.778. The van der Waals surface area contributed by atoms with Crippen molar-refractivity contribution in [2.45, 2.75) is 0 Å². The van der Waals surface area contributed by atoms with Crippen molar-refractivity contribution in [1.29, 1.82) is 5.41 Å². The molecule has 4 nitrogen and oxygen atoms in total. The Kier molecular flexibility index (Phi) is 3.47. The maximum absolute atomic E-state index is 10.4. The van der Waals surface area contributed by atoms with E-state index in [1.165, 1.54) is 24.7 Å². The monoisotopic (exact) mass is 212 g/mol. The van der Waals surface area contributed by atoms with Crippen LogP contribution < -0.4 is 5.73 Å². The standard InChI is InChI=1S/C4H8N3O.Mo/c1-7(2-3-8)4(5)6;/h2H2,1H3,(H3,5,6);. The Morgan fingerprint density at radius 3 is 2.44 bits per heavy atom. The first-order chi connectivity index (χ1) is 4.04. The summed E-state index contributed by atoms with van der Waals surface area (Å²) in [5, 5.41) is 6.85. The van der Waals surface area contributed by atoms with E-state index in [1.54, 1.807) is 7.05 Å². The zero-order valence-corrected chi connectivity index (χ0v) is 7.06. The summed E-state index contributed by atoms with van der Waals surface area (Å²) in [5.41, 5.74) is 5.04. The summed E-state index contributed by atoms with van der Waals surface area (Å²) < 4.78 is 0.0171. The molecular formula is C4H8MoN3O.